The molecular formula is C5H9N2O3S+. The van der Waals surface area contributed by atoms with Gasteiger partial charge in [0.05, 0.1) is 0 Å². The van der Waals surface area contributed by atoms with Crippen molar-refractivity contribution in [2.24, 2.45) is 0 Å². The van der Waals surface area contributed by atoms with Crippen molar-refractivity contribution < 1.29 is 17.5 Å². The van der Waals surface area contributed by atoms with Gasteiger partial charge in [-0.2, -0.15) is 8.42 Å². The minimum Gasteiger partial charge on any atom is -0.285 e. The number of hydrogen-bond acceptors (Lipinski definition) is 2. The number of aryl methyl sites for hydroxylation is 1. The maximum Gasteiger partial charge on any atom is 0.268 e. The number of nitrogens with zero attached hydrogens (tertiary/aromatic N) is 1. The molecule has 1 heterocycles. The molecule has 0 bridgehead atoms. The zero-order valence-electron chi connectivity index (χ0n) is 5.77. The molecular weight excluding hydrogens is 168 g/mol. The number of rotatable bonds is 3. The Labute approximate surface area is 64.4 Å². The Kier molecular flexibility index (Phi) is 2.25. The van der Waals surface area contributed by atoms with Crippen molar-refractivity contribution in [1.29, 1.82) is 0 Å². The van der Waals surface area contributed by atoms with E-state index in [1.54, 1.807) is 23.3 Å². The predicted octanol–water partition coefficient (Wildman–Crippen LogP) is -0.810. The van der Waals surface area contributed by atoms with E-state index in [-0.39, 0.29) is 12.3 Å². The van der Waals surface area contributed by atoms with Gasteiger partial charge in [-0.05, 0) is 0 Å². The highest BCUT2D eigenvalue weighted by molar-refractivity contribution is 7.85. The Morgan fingerprint density at radius 1 is 1.55 bits per heavy atom. The van der Waals surface area contributed by atoms with Crippen LogP contribution in [-0.4, -0.2) is 23.7 Å². The van der Waals surface area contributed by atoms with Crippen molar-refractivity contribution in [3.63, 3.8) is 0 Å². The summed E-state index contributed by atoms with van der Waals surface area (Å²) in [5.41, 5.74) is 0. The van der Waals surface area contributed by atoms with Crippen LogP contribution in [0.5, 0.6) is 0 Å². The van der Waals surface area contributed by atoms with Gasteiger partial charge in [0.2, 0.25) is 6.33 Å². The monoisotopic (exact) mass is 177 g/mol. The molecule has 0 amide bonds. The molecule has 2 N–H and O–H groups in total. The Morgan fingerprint density at radius 2 is 2.27 bits per heavy atom. The third-order valence-electron chi connectivity index (χ3n) is 1.21. The number of H-pyrrole nitrogens is 1. The Balaban J connectivity index is 2.48. The summed E-state index contributed by atoms with van der Waals surface area (Å²) >= 11 is 0. The highest BCUT2D eigenvalue weighted by atomic mass is 32.2. The van der Waals surface area contributed by atoms with Crippen LogP contribution in [0.2, 0.25) is 0 Å². The molecule has 5 nitrogen and oxygen atoms in total. The second-order valence-electron chi connectivity index (χ2n) is 2.14. The lowest BCUT2D eigenvalue weighted by Gasteiger charge is -1.92. The van der Waals surface area contributed by atoms with Crippen LogP contribution in [0, 0.1) is 0 Å². The number of nitrogens with one attached hydrogen (secondary N) is 1. The average molecular weight is 177 g/mol. The van der Waals surface area contributed by atoms with Crippen LogP contribution in [0.4, 0.5) is 0 Å². The van der Waals surface area contributed by atoms with Crippen LogP contribution < -0.4 is 4.57 Å². The molecule has 0 saturated heterocycles. The van der Waals surface area contributed by atoms with Crippen molar-refractivity contribution in [3.8, 4) is 0 Å². The normalized spacial score (nSPS) is 11.7. The van der Waals surface area contributed by atoms with Crippen LogP contribution in [0.3, 0.4) is 0 Å². The number of aromatic amines is 1. The summed E-state index contributed by atoms with van der Waals surface area (Å²) in [6.45, 7) is 0.266. The lowest BCUT2D eigenvalue weighted by molar-refractivity contribution is -0.691. The first-order valence-corrected chi connectivity index (χ1v) is 4.66. The average Bonchev–Trinajstić information content (AvgIpc) is 2.32. The maximum absolute atomic E-state index is 10.3. The number of aromatic nitrogens is 2. The summed E-state index contributed by atoms with van der Waals surface area (Å²) in [6, 6.07) is 0. The van der Waals surface area contributed by atoms with E-state index in [0.29, 0.717) is 0 Å². The second kappa shape index (κ2) is 3.02. The molecule has 1 rings (SSSR count). The lowest BCUT2D eigenvalue weighted by atomic mass is 10.7. The summed E-state index contributed by atoms with van der Waals surface area (Å²) in [4.78, 5) is 2.75. The van der Waals surface area contributed by atoms with Gasteiger partial charge in [0.25, 0.3) is 10.1 Å². The summed E-state index contributed by atoms with van der Waals surface area (Å²) in [7, 11) is -3.83. The molecule has 0 spiro atoms. The van der Waals surface area contributed by atoms with Gasteiger partial charge in [-0.3, -0.25) is 9.54 Å². The van der Waals surface area contributed by atoms with Gasteiger partial charge >= 0.3 is 0 Å². The Hall–Kier alpha value is -0.880. The molecule has 0 aliphatic carbocycles. The van der Waals surface area contributed by atoms with E-state index in [2.05, 4.69) is 4.98 Å². The third kappa shape index (κ3) is 3.15. The van der Waals surface area contributed by atoms with Crippen molar-refractivity contribution in [2.75, 3.05) is 5.75 Å². The van der Waals surface area contributed by atoms with E-state index in [1.165, 1.54) is 0 Å². The molecule has 0 fully saturated rings. The van der Waals surface area contributed by atoms with E-state index in [4.69, 9.17) is 4.55 Å². The minimum absolute atomic E-state index is 0.254. The standard InChI is InChI=1S/C5H8N2O3S/c8-11(9,10)4-3-7-2-1-6-5-7/h1-2,5H,3-4H2,(H,8,9,10)/p+1. The number of hydrogen-bond donors (Lipinski definition) is 2. The molecule has 0 aromatic carbocycles. The zero-order chi connectivity index (χ0) is 8.32. The van der Waals surface area contributed by atoms with Crippen LogP contribution >= 0.6 is 0 Å². The molecule has 1 aromatic heterocycles. The fourth-order valence-corrected chi connectivity index (χ4v) is 1.12. The fraction of sp³-hybridized carbons (Fsp3) is 0.400. The molecule has 6 heteroatoms. The highest BCUT2D eigenvalue weighted by Crippen LogP contribution is 1.80. The summed E-state index contributed by atoms with van der Waals surface area (Å²) in [5.74, 6) is -0.254. The van der Waals surface area contributed by atoms with Gasteiger partial charge < -0.3 is 0 Å². The van der Waals surface area contributed by atoms with E-state index in [0.717, 1.165) is 0 Å². The molecule has 62 valence electrons. The van der Waals surface area contributed by atoms with Crippen molar-refractivity contribution in [1.82, 2.24) is 4.98 Å². The topological polar surface area (TPSA) is 74.0 Å². The largest absolute Gasteiger partial charge is 0.285 e. The van der Waals surface area contributed by atoms with Crippen molar-refractivity contribution in [2.45, 2.75) is 6.54 Å². The van der Waals surface area contributed by atoms with Crippen molar-refractivity contribution in [3.05, 3.63) is 18.7 Å². The maximum atomic E-state index is 10.3. The SMILES string of the molecule is O=S(=O)(O)CC[n+]1cc[nH]c1. The quantitative estimate of drug-likeness (QED) is 0.468. The summed E-state index contributed by atoms with van der Waals surface area (Å²) in [6.07, 6.45) is 4.97. The summed E-state index contributed by atoms with van der Waals surface area (Å²) < 4.78 is 30.5. The first-order chi connectivity index (χ1) is 5.08. The van der Waals surface area contributed by atoms with E-state index < -0.39 is 10.1 Å². The fourth-order valence-electron chi connectivity index (χ4n) is 0.680. The Bertz CT molecular complexity index is 302. The lowest BCUT2D eigenvalue weighted by Crippen LogP contribution is -2.34. The van der Waals surface area contributed by atoms with Crippen LogP contribution in [-0.2, 0) is 16.7 Å². The number of imidazole rings is 1. The van der Waals surface area contributed by atoms with Gasteiger partial charge in [-0.25, -0.2) is 4.57 Å². The third-order valence-corrected chi connectivity index (χ3v) is 1.91. The van der Waals surface area contributed by atoms with Crippen LogP contribution in [0.1, 0.15) is 0 Å². The molecule has 0 atom stereocenters. The molecule has 0 radical (unpaired) electrons. The van der Waals surface area contributed by atoms with Crippen LogP contribution in [0.15, 0.2) is 18.7 Å². The molecule has 1 aromatic rings. The van der Waals surface area contributed by atoms with Gasteiger partial charge in [0, 0.05) is 0 Å². The molecule has 0 saturated carbocycles. The Morgan fingerprint density at radius 3 is 2.73 bits per heavy atom. The molecule has 11 heavy (non-hydrogen) atoms. The minimum atomic E-state index is -3.83. The smallest absolute Gasteiger partial charge is 0.268 e. The first-order valence-electron chi connectivity index (χ1n) is 3.05. The van der Waals surface area contributed by atoms with Gasteiger partial charge in [-0.1, -0.05) is 0 Å². The molecule has 0 unspecified atom stereocenters. The van der Waals surface area contributed by atoms with Gasteiger partial charge in [-0.15, -0.1) is 0 Å². The molecule has 0 aliphatic heterocycles. The predicted molar refractivity (Wildman–Crippen MR) is 37.4 cm³/mol. The zero-order valence-corrected chi connectivity index (χ0v) is 6.58. The van der Waals surface area contributed by atoms with Gasteiger partial charge in [0.15, 0.2) is 0 Å². The second-order valence-corrected chi connectivity index (χ2v) is 3.71. The first kappa shape index (κ1) is 8.22. The van der Waals surface area contributed by atoms with Crippen molar-refractivity contribution >= 4 is 10.1 Å². The molecule has 0 aliphatic rings. The van der Waals surface area contributed by atoms with Crippen LogP contribution in [0.25, 0.3) is 0 Å². The van der Waals surface area contributed by atoms with E-state index >= 15 is 0 Å². The highest BCUT2D eigenvalue weighted by Gasteiger charge is 2.06. The van der Waals surface area contributed by atoms with E-state index in [9.17, 15) is 8.42 Å². The van der Waals surface area contributed by atoms with E-state index in [1.807, 2.05) is 0 Å². The van der Waals surface area contributed by atoms with Gasteiger partial charge in [0.1, 0.15) is 24.7 Å². The summed E-state index contributed by atoms with van der Waals surface area (Å²) in [5, 5.41) is 0.